The van der Waals surface area contributed by atoms with Crippen LogP contribution in [0.2, 0.25) is 0 Å². The van der Waals surface area contributed by atoms with Gasteiger partial charge in [0.05, 0.1) is 5.92 Å². The summed E-state index contributed by atoms with van der Waals surface area (Å²) >= 11 is 0. The molecule has 4 bridgehead atoms. The first kappa shape index (κ1) is 14.5. The second kappa shape index (κ2) is 5.24. The zero-order valence-corrected chi connectivity index (χ0v) is 13.5. The van der Waals surface area contributed by atoms with Gasteiger partial charge >= 0.3 is 5.97 Å². The van der Waals surface area contributed by atoms with E-state index in [0.29, 0.717) is 0 Å². The van der Waals surface area contributed by atoms with Gasteiger partial charge in [-0.1, -0.05) is 6.42 Å². The Morgan fingerprint density at radius 1 is 1.05 bits per heavy atom. The lowest BCUT2D eigenvalue weighted by atomic mass is 9.53. The van der Waals surface area contributed by atoms with Crippen molar-refractivity contribution in [1.29, 1.82) is 0 Å². The molecule has 5 aliphatic carbocycles. The Balaban J connectivity index is 1.36. The lowest BCUT2D eigenvalue weighted by Crippen LogP contribution is -2.61. The van der Waals surface area contributed by atoms with Crippen LogP contribution in [0.3, 0.4) is 0 Å². The third-order valence-electron chi connectivity index (χ3n) is 6.53. The number of esters is 1. The van der Waals surface area contributed by atoms with Crippen LogP contribution in [0.1, 0.15) is 64.7 Å². The van der Waals surface area contributed by atoms with Crippen LogP contribution in [-0.2, 0) is 14.3 Å². The average molecular weight is 305 g/mol. The van der Waals surface area contributed by atoms with Crippen LogP contribution in [0.5, 0.6) is 0 Å². The number of amides is 1. The van der Waals surface area contributed by atoms with Gasteiger partial charge in [-0.15, -0.1) is 0 Å². The van der Waals surface area contributed by atoms with Gasteiger partial charge in [-0.3, -0.25) is 9.59 Å². The molecule has 1 atom stereocenters. The van der Waals surface area contributed by atoms with E-state index in [-0.39, 0.29) is 23.3 Å². The van der Waals surface area contributed by atoms with E-state index >= 15 is 0 Å². The third-order valence-corrected chi connectivity index (χ3v) is 6.53. The lowest BCUT2D eigenvalue weighted by Gasteiger charge is -2.57. The average Bonchev–Trinajstić information content (AvgIpc) is 2.33. The van der Waals surface area contributed by atoms with Crippen molar-refractivity contribution < 1.29 is 14.3 Å². The van der Waals surface area contributed by atoms with E-state index in [1.54, 1.807) is 6.92 Å². The monoisotopic (exact) mass is 305 g/mol. The molecule has 5 fully saturated rings. The molecule has 0 radical (unpaired) electrons. The first-order valence-electron chi connectivity index (χ1n) is 9.05. The summed E-state index contributed by atoms with van der Waals surface area (Å²) in [5, 5.41) is 3.29. The third kappa shape index (κ3) is 2.55. The molecular formula is C18H27NO3. The summed E-state index contributed by atoms with van der Waals surface area (Å²) in [7, 11) is 0. The Hall–Kier alpha value is -1.06. The molecule has 0 spiro atoms. The first-order chi connectivity index (χ1) is 10.5. The summed E-state index contributed by atoms with van der Waals surface area (Å²) in [5.41, 5.74) is 0.00295. The van der Waals surface area contributed by atoms with Gasteiger partial charge < -0.3 is 10.1 Å². The van der Waals surface area contributed by atoms with Crippen LogP contribution in [-0.4, -0.2) is 23.5 Å². The Morgan fingerprint density at radius 2 is 1.59 bits per heavy atom. The van der Waals surface area contributed by atoms with Gasteiger partial charge in [-0.25, -0.2) is 0 Å². The quantitative estimate of drug-likeness (QED) is 0.813. The maximum Gasteiger partial charge on any atom is 0.309 e. The van der Waals surface area contributed by atoms with Crippen LogP contribution in [0.4, 0.5) is 0 Å². The number of carbonyl (C=O) groups is 2. The van der Waals surface area contributed by atoms with Crippen molar-refractivity contribution in [3.63, 3.8) is 0 Å². The van der Waals surface area contributed by atoms with Gasteiger partial charge in [0.15, 0.2) is 6.10 Å². The molecule has 0 aromatic heterocycles. The predicted molar refractivity (Wildman–Crippen MR) is 81.9 cm³/mol. The Kier molecular flexibility index (Phi) is 3.46. The standard InChI is InChI=1S/C18H27NO3/c1-11(22-17(21)15-3-2-4-15)16(20)19-18-8-12-5-13(9-18)7-14(6-12)10-18/h11-15H,2-10H2,1H3,(H,19,20)/t11-,12?,13?,14?,18?/m1/s1. The van der Waals surface area contributed by atoms with Crippen LogP contribution in [0, 0.1) is 23.7 Å². The number of ether oxygens (including phenoxy) is 1. The molecule has 122 valence electrons. The van der Waals surface area contributed by atoms with Crippen molar-refractivity contribution in [2.45, 2.75) is 76.4 Å². The maximum absolute atomic E-state index is 12.5. The minimum atomic E-state index is -0.652. The molecule has 0 aromatic carbocycles. The van der Waals surface area contributed by atoms with Gasteiger partial charge in [0.2, 0.25) is 0 Å². The normalized spacial score (nSPS) is 40.9. The van der Waals surface area contributed by atoms with Crippen molar-refractivity contribution in [3.05, 3.63) is 0 Å². The minimum Gasteiger partial charge on any atom is -0.452 e. The number of hydrogen-bond acceptors (Lipinski definition) is 3. The molecule has 0 unspecified atom stereocenters. The number of nitrogens with one attached hydrogen (secondary N) is 1. The molecule has 22 heavy (non-hydrogen) atoms. The molecule has 0 heterocycles. The summed E-state index contributed by atoms with van der Waals surface area (Å²) in [6, 6.07) is 0. The van der Waals surface area contributed by atoms with Crippen LogP contribution >= 0.6 is 0 Å². The second-order valence-electron chi connectivity index (χ2n) is 8.39. The van der Waals surface area contributed by atoms with Crippen LogP contribution in [0.15, 0.2) is 0 Å². The zero-order valence-electron chi connectivity index (χ0n) is 13.5. The van der Waals surface area contributed by atoms with Crippen molar-refractivity contribution in [3.8, 4) is 0 Å². The number of hydrogen-bond donors (Lipinski definition) is 1. The highest BCUT2D eigenvalue weighted by atomic mass is 16.5. The summed E-state index contributed by atoms with van der Waals surface area (Å²) in [4.78, 5) is 24.4. The van der Waals surface area contributed by atoms with E-state index in [9.17, 15) is 9.59 Å². The lowest BCUT2D eigenvalue weighted by molar-refractivity contribution is -0.162. The molecule has 0 aliphatic heterocycles. The fourth-order valence-electron chi connectivity index (χ4n) is 5.59. The van der Waals surface area contributed by atoms with E-state index < -0.39 is 6.10 Å². The van der Waals surface area contributed by atoms with Crippen molar-refractivity contribution in [2.75, 3.05) is 0 Å². The molecule has 0 saturated heterocycles. The van der Waals surface area contributed by atoms with E-state index in [1.165, 1.54) is 19.3 Å². The van der Waals surface area contributed by atoms with Gasteiger partial charge in [-0.05, 0) is 76.0 Å². The van der Waals surface area contributed by atoms with Gasteiger partial charge in [0.1, 0.15) is 0 Å². The maximum atomic E-state index is 12.5. The Bertz CT molecular complexity index is 447. The summed E-state index contributed by atoms with van der Waals surface area (Å²) < 4.78 is 5.38. The van der Waals surface area contributed by atoms with E-state index in [0.717, 1.165) is 56.3 Å². The molecule has 5 rings (SSSR count). The fourth-order valence-corrected chi connectivity index (χ4v) is 5.59. The first-order valence-corrected chi connectivity index (χ1v) is 9.05. The largest absolute Gasteiger partial charge is 0.452 e. The Labute approximate surface area is 132 Å². The smallest absolute Gasteiger partial charge is 0.309 e. The molecule has 4 nitrogen and oxygen atoms in total. The SMILES string of the molecule is C[C@@H](OC(=O)C1CCC1)C(=O)NC12CC3CC(CC(C3)C1)C2. The molecular weight excluding hydrogens is 278 g/mol. The van der Waals surface area contributed by atoms with Gasteiger partial charge in [0.25, 0.3) is 5.91 Å². The van der Waals surface area contributed by atoms with E-state index in [1.807, 2.05) is 0 Å². The van der Waals surface area contributed by atoms with Crippen molar-refractivity contribution >= 4 is 11.9 Å². The Morgan fingerprint density at radius 3 is 2.05 bits per heavy atom. The number of carbonyl (C=O) groups excluding carboxylic acids is 2. The minimum absolute atomic E-state index is 0.00295. The highest BCUT2D eigenvalue weighted by molar-refractivity contribution is 5.84. The highest BCUT2D eigenvalue weighted by Gasteiger charge is 2.51. The predicted octanol–water partition coefficient (Wildman–Crippen LogP) is 2.80. The summed E-state index contributed by atoms with van der Waals surface area (Å²) in [5.74, 6) is 2.18. The zero-order chi connectivity index (χ0) is 15.3. The fraction of sp³-hybridized carbons (Fsp3) is 0.889. The topological polar surface area (TPSA) is 55.4 Å². The summed E-state index contributed by atoms with van der Waals surface area (Å²) in [6.45, 7) is 1.71. The molecule has 5 saturated carbocycles. The van der Waals surface area contributed by atoms with Gasteiger partial charge in [0, 0.05) is 5.54 Å². The molecule has 0 aromatic rings. The summed E-state index contributed by atoms with van der Waals surface area (Å²) in [6.07, 6.45) is 9.78. The molecule has 1 N–H and O–H groups in total. The van der Waals surface area contributed by atoms with E-state index in [4.69, 9.17) is 4.74 Å². The van der Waals surface area contributed by atoms with Crippen LogP contribution in [0.25, 0.3) is 0 Å². The van der Waals surface area contributed by atoms with Crippen molar-refractivity contribution in [1.82, 2.24) is 5.32 Å². The van der Waals surface area contributed by atoms with E-state index in [2.05, 4.69) is 5.32 Å². The van der Waals surface area contributed by atoms with Gasteiger partial charge in [-0.2, -0.15) is 0 Å². The van der Waals surface area contributed by atoms with Crippen molar-refractivity contribution in [2.24, 2.45) is 23.7 Å². The molecule has 5 aliphatic rings. The number of rotatable bonds is 4. The molecule has 4 heteroatoms. The molecule has 1 amide bonds. The highest BCUT2D eigenvalue weighted by Crippen LogP contribution is 2.55. The second-order valence-corrected chi connectivity index (χ2v) is 8.39. The van der Waals surface area contributed by atoms with Crippen LogP contribution < -0.4 is 5.32 Å².